The highest BCUT2D eigenvalue weighted by Gasteiger charge is 2.50. The van der Waals surface area contributed by atoms with Crippen LogP contribution in [-0.4, -0.2) is 53.8 Å². The fourth-order valence-electron chi connectivity index (χ4n) is 4.26. The van der Waals surface area contributed by atoms with Crippen LogP contribution in [-0.2, 0) is 25.5 Å². The van der Waals surface area contributed by atoms with Gasteiger partial charge in [-0.1, -0.05) is 58.0 Å². The lowest BCUT2D eigenvalue weighted by atomic mass is 9.93. The van der Waals surface area contributed by atoms with Crippen molar-refractivity contribution in [1.82, 2.24) is 16.0 Å². The van der Waals surface area contributed by atoms with E-state index < -0.39 is 41.4 Å². The summed E-state index contributed by atoms with van der Waals surface area (Å²) in [6, 6.07) is 8.28. The molecule has 9 heteroatoms. The molecule has 38 heavy (non-hydrogen) atoms. The first-order valence-electron chi connectivity index (χ1n) is 13.1. The maximum Gasteiger partial charge on any atom is 0.255 e. The van der Waals surface area contributed by atoms with Crippen LogP contribution in [0.4, 0.5) is 0 Å². The molecule has 2 heterocycles. The van der Waals surface area contributed by atoms with E-state index in [4.69, 9.17) is 9.15 Å². The van der Waals surface area contributed by atoms with Crippen LogP contribution in [0.5, 0.6) is 0 Å². The Kier molecular flexibility index (Phi) is 9.85. The molecule has 3 N–H and O–H groups in total. The molecule has 9 nitrogen and oxygen atoms in total. The summed E-state index contributed by atoms with van der Waals surface area (Å²) >= 11 is 0. The number of rotatable bonds is 14. The van der Waals surface area contributed by atoms with Gasteiger partial charge in [0, 0.05) is 6.42 Å². The number of epoxide rings is 1. The lowest BCUT2D eigenvalue weighted by Crippen LogP contribution is -2.57. The van der Waals surface area contributed by atoms with E-state index in [1.807, 2.05) is 58.0 Å². The largest absolute Gasteiger partial charge is 0.472 e. The smallest absolute Gasteiger partial charge is 0.255 e. The number of benzene rings is 1. The van der Waals surface area contributed by atoms with E-state index >= 15 is 0 Å². The Morgan fingerprint density at radius 2 is 1.42 bits per heavy atom. The van der Waals surface area contributed by atoms with E-state index in [0.29, 0.717) is 25.0 Å². The lowest BCUT2D eigenvalue weighted by Gasteiger charge is -2.27. The Labute approximate surface area is 224 Å². The molecule has 3 rings (SSSR count). The van der Waals surface area contributed by atoms with E-state index in [-0.39, 0.29) is 24.0 Å². The molecule has 0 radical (unpaired) electrons. The van der Waals surface area contributed by atoms with Crippen molar-refractivity contribution in [3.8, 4) is 0 Å². The second-order valence-electron chi connectivity index (χ2n) is 11.0. The molecule has 206 valence electrons. The molecule has 1 aliphatic heterocycles. The molecule has 0 unspecified atom stereocenters. The average Bonchev–Trinajstić information content (AvgIpc) is 3.37. The summed E-state index contributed by atoms with van der Waals surface area (Å²) in [6.45, 7) is 9.89. The first kappa shape index (κ1) is 29.1. The zero-order valence-corrected chi connectivity index (χ0v) is 22.8. The summed E-state index contributed by atoms with van der Waals surface area (Å²) in [7, 11) is 0. The van der Waals surface area contributed by atoms with E-state index in [1.165, 1.54) is 18.6 Å². The molecule has 0 saturated carbocycles. The van der Waals surface area contributed by atoms with Gasteiger partial charge in [0.05, 0.1) is 24.5 Å². The Morgan fingerprint density at radius 3 is 1.97 bits per heavy atom. The summed E-state index contributed by atoms with van der Waals surface area (Å²) < 4.78 is 10.3. The molecule has 4 atom stereocenters. The Hall–Kier alpha value is -3.46. The third-order valence-corrected chi connectivity index (χ3v) is 6.47. The van der Waals surface area contributed by atoms with Crippen LogP contribution in [0, 0.1) is 11.8 Å². The molecule has 1 fully saturated rings. The predicted molar refractivity (Wildman–Crippen MR) is 142 cm³/mol. The number of furan rings is 1. The quantitative estimate of drug-likeness (QED) is 0.325. The highest BCUT2D eigenvalue weighted by atomic mass is 16.6. The number of carbonyl (C=O) groups excluding carboxylic acids is 4. The number of ether oxygens (including phenoxy) is 1. The van der Waals surface area contributed by atoms with Crippen LogP contribution in [0.25, 0.3) is 0 Å². The SMILES string of the molecule is CC(C)C[C@H](NC(=O)c1ccoc1)C(=O)N[C@@H](Cc1ccccc1)C(=O)N[C@@H](CC(C)C)C(=O)[C@@]1(C)CO1. The van der Waals surface area contributed by atoms with Crippen molar-refractivity contribution in [1.29, 1.82) is 0 Å². The fraction of sp³-hybridized carbons (Fsp3) is 0.517. The van der Waals surface area contributed by atoms with Gasteiger partial charge in [-0.05, 0) is 43.2 Å². The molecule has 0 bridgehead atoms. The molecular formula is C29H39N3O6. The van der Waals surface area contributed by atoms with Crippen LogP contribution in [0.3, 0.4) is 0 Å². The second-order valence-corrected chi connectivity index (χ2v) is 11.0. The number of amides is 3. The van der Waals surface area contributed by atoms with Gasteiger partial charge in [0.1, 0.15) is 23.9 Å². The van der Waals surface area contributed by atoms with Crippen LogP contribution in [0.2, 0.25) is 0 Å². The Balaban J connectivity index is 1.80. The van der Waals surface area contributed by atoms with Crippen molar-refractivity contribution >= 4 is 23.5 Å². The number of ketones is 1. The third-order valence-electron chi connectivity index (χ3n) is 6.47. The summed E-state index contributed by atoms with van der Waals surface area (Å²) in [4.78, 5) is 52.7. The standard InChI is InChI=1S/C29H39N3O6/c1-18(2)13-22(25(33)29(5)17-38-29)30-28(36)24(15-20-9-7-6-8-10-20)32-27(35)23(14-19(3)4)31-26(34)21-11-12-37-16-21/h6-12,16,18-19,22-24H,13-15,17H2,1-5H3,(H,30,36)(H,31,34)(H,32,35)/t22-,23-,24-,29+/m0/s1. The average molecular weight is 526 g/mol. The number of carbonyl (C=O) groups is 4. The maximum atomic E-state index is 13.6. The number of Topliss-reactive ketones (excluding diaryl/α,β-unsaturated/α-hetero) is 1. The number of hydrogen-bond donors (Lipinski definition) is 3. The fourth-order valence-corrected chi connectivity index (χ4v) is 4.26. The molecular weight excluding hydrogens is 486 g/mol. The molecule has 0 aliphatic carbocycles. The number of hydrogen-bond acceptors (Lipinski definition) is 6. The lowest BCUT2D eigenvalue weighted by molar-refractivity contribution is -0.133. The van der Waals surface area contributed by atoms with Crippen molar-refractivity contribution in [2.45, 2.75) is 77.6 Å². The minimum Gasteiger partial charge on any atom is -0.472 e. The third kappa shape index (κ3) is 8.28. The monoisotopic (exact) mass is 525 g/mol. The second kappa shape index (κ2) is 12.9. The summed E-state index contributed by atoms with van der Waals surface area (Å²) in [5, 5.41) is 8.48. The molecule has 1 aromatic heterocycles. The molecule has 1 aliphatic rings. The molecule has 3 amide bonds. The van der Waals surface area contributed by atoms with Crippen LogP contribution >= 0.6 is 0 Å². The van der Waals surface area contributed by atoms with Crippen molar-refractivity contribution in [3.63, 3.8) is 0 Å². The van der Waals surface area contributed by atoms with Crippen LogP contribution < -0.4 is 16.0 Å². The van der Waals surface area contributed by atoms with Crippen molar-refractivity contribution in [2.75, 3.05) is 6.61 Å². The minimum atomic E-state index is -0.958. The molecule has 0 spiro atoms. The zero-order chi connectivity index (χ0) is 27.9. The van der Waals surface area contributed by atoms with Crippen LogP contribution in [0.15, 0.2) is 53.3 Å². The highest BCUT2D eigenvalue weighted by molar-refractivity contribution is 5.99. The maximum absolute atomic E-state index is 13.6. The molecule has 1 aromatic carbocycles. The van der Waals surface area contributed by atoms with E-state index in [1.54, 1.807) is 6.92 Å². The van der Waals surface area contributed by atoms with Gasteiger partial charge in [0.2, 0.25) is 11.8 Å². The Morgan fingerprint density at radius 1 is 0.842 bits per heavy atom. The van der Waals surface area contributed by atoms with Crippen LogP contribution in [0.1, 0.15) is 63.4 Å². The zero-order valence-electron chi connectivity index (χ0n) is 22.8. The summed E-state index contributed by atoms with van der Waals surface area (Å²) in [5.74, 6) is -1.30. The Bertz CT molecular complexity index is 1090. The van der Waals surface area contributed by atoms with Crippen molar-refractivity contribution < 1.29 is 28.3 Å². The van der Waals surface area contributed by atoms with E-state index in [0.717, 1.165) is 5.56 Å². The van der Waals surface area contributed by atoms with E-state index in [9.17, 15) is 19.2 Å². The van der Waals surface area contributed by atoms with Gasteiger partial charge in [0.15, 0.2) is 5.78 Å². The first-order chi connectivity index (χ1) is 18.0. The highest BCUT2D eigenvalue weighted by Crippen LogP contribution is 2.29. The van der Waals surface area contributed by atoms with Crippen molar-refractivity contribution in [3.05, 3.63) is 60.1 Å². The first-order valence-corrected chi connectivity index (χ1v) is 13.1. The minimum absolute atomic E-state index is 0.101. The summed E-state index contributed by atoms with van der Waals surface area (Å²) in [5.41, 5.74) is 0.265. The van der Waals surface area contributed by atoms with Gasteiger partial charge in [-0.25, -0.2) is 0 Å². The van der Waals surface area contributed by atoms with Gasteiger partial charge in [-0.3, -0.25) is 19.2 Å². The van der Waals surface area contributed by atoms with E-state index in [2.05, 4.69) is 16.0 Å². The molecule has 2 aromatic rings. The van der Waals surface area contributed by atoms with Gasteiger partial charge in [-0.15, -0.1) is 0 Å². The van der Waals surface area contributed by atoms with Gasteiger partial charge in [0.25, 0.3) is 5.91 Å². The van der Waals surface area contributed by atoms with Gasteiger partial charge < -0.3 is 25.1 Å². The van der Waals surface area contributed by atoms with Gasteiger partial charge >= 0.3 is 0 Å². The van der Waals surface area contributed by atoms with Gasteiger partial charge in [-0.2, -0.15) is 0 Å². The predicted octanol–water partition coefficient (Wildman–Crippen LogP) is 3.04. The normalized spacial score (nSPS) is 18.9. The number of nitrogens with one attached hydrogen (secondary N) is 3. The topological polar surface area (TPSA) is 130 Å². The molecule has 1 saturated heterocycles. The summed E-state index contributed by atoms with van der Waals surface area (Å²) in [6.07, 6.45) is 3.74. The van der Waals surface area contributed by atoms with Crippen molar-refractivity contribution in [2.24, 2.45) is 11.8 Å².